The number of amides is 1. The molecule has 15 heavy (non-hydrogen) atoms. The third-order valence-corrected chi connectivity index (χ3v) is 1.53. The normalized spacial score (nSPS) is 11.7. The number of carboxylic acid groups (broad SMARTS) is 1. The van der Waals surface area contributed by atoms with Crippen molar-refractivity contribution in [1.29, 1.82) is 0 Å². The minimum Gasteiger partial charge on any atom is -0.464 e. The Morgan fingerprint density at radius 1 is 1.47 bits per heavy atom. The van der Waals surface area contributed by atoms with Crippen molar-refractivity contribution in [1.82, 2.24) is 5.48 Å². The van der Waals surface area contributed by atoms with Gasteiger partial charge in [-0.1, -0.05) is 18.2 Å². The average molecular weight is 212 g/mol. The predicted molar refractivity (Wildman–Crippen MR) is 48.4 cm³/mol. The molecule has 1 unspecified atom stereocenters. The smallest absolute Gasteiger partial charge is 0.429 e. The van der Waals surface area contributed by atoms with Gasteiger partial charge in [0.2, 0.25) is 0 Å². The molecule has 7 nitrogen and oxygen atoms in total. The Morgan fingerprint density at radius 3 is 2.53 bits per heavy atom. The van der Waals surface area contributed by atoms with Crippen LogP contribution in [0.5, 0.6) is 0 Å². The van der Waals surface area contributed by atoms with Crippen LogP contribution in [0.3, 0.4) is 0 Å². The van der Waals surface area contributed by atoms with Crippen molar-refractivity contribution >= 4 is 6.09 Å². The van der Waals surface area contributed by atoms with Crippen molar-refractivity contribution in [3.8, 4) is 0 Å². The fourth-order valence-electron chi connectivity index (χ4n) is 0.957. The molecule has 0 saturated heterocycles. The molecule has 80 valence electrons. The van der Waals surface area contributed by atoms with E-state index in [0.717, 1.165) is 0 Å². The molecule has 1 aromatic carbocycles. The van der Waals surface area contributed by atoms with Crippen molar-refractivity contribution < 1.29 is 19.7 Å². The van der Waals surface area contributed by atoms with Crippen molar-refractivity contribution in [2.24, 2.45) is 0 Å². The van der Waals surface area contributed by atoms with Crippen molar-refractivity contribution in [3.05, 3.63) is 46.0 Å². The van der Waals surface area contributed by atoms with E-state index in [1.807, 2.05) is 0 Å². The van der Waals surface area contributed by atoms with Crippen LogP contribution in [0.25, 0.3) is 0 Å². The highest BCUT2D eigenvalue weighted by Crippen LogP contribution is 2.15. The summed E-state index contributed by atoms with van der Waals surface area (Å²) in [6, 6.07) is 7.81. The minimum absolute atomic E-state index is 0.260. The van der Waals surface area contributed by atoms with Gasteiger partial charge in [0.1, 0.15) is 0 Å². The number of hydroxylamine groups is 1. The lowest BCUT2D eigenvalue weighted by Crippen LogP contribution is -2.27. The van der Waals surface area contributed by atoms with Gasteiger partial charge >= 0.3 is 12.3 Å². The maximum atomic E-state index is 10.6. The second-order valence-electron chi connectivity index (χ2n) is 2.57. The molecule has 2 N–H and O–H groups in total. The summed E-state index contributed by atoms with van der Waals surface area (Å²) in [4.78, 5) is 24.3. The van der Waals surface area contributed by atoms with Gasteiger partial charge in [-0.15, -0.1) is 0 Å². The number of rotatable bonds is 4. The van der Waals surface area contributed by atoms with Gasteiger partial charge in [0.25, 0.3) is 0 Å². The molecule has 0 spiro atoms. The molecular weight excluding hydrogens is 204 g/mol. The van der Waals surface area contributed by atoms with E-state index in [9.17, 15) is 14.9 Å². The molecule has 1 aromatic rings. The molecule has 1 atom stereocenters. The standard InChI is InChI=1S/C8H8N2O5/c11-8(12)9-15-7(10(13)14)6-4-2-1-3-5-6/h1-5,7,9H,(H,11,12). The van der Waals surface area contributed by atoms with Crippen LogP contribution in [-0.4, -0.2) is 16.1 Å². The highest BCUT2D eigenvalue weighted by molar-refractivity contribution is 5.62. The Labute approximate surface area is 84.4 Å². The zero-order chi connectivity index (χ0) is 11.3. The lowest BCUT2D eigenvalue weighted by atomic mass is 10.2. The van der Waals surface area contributed by atoms with Gasteiger partial charge in [-0.25, -0.2) is 4.79 Å². The monoisotopic (exact) mass is 212 g/mol. The van der Waals surface area contributed by atoms with Crippen LogP contribution in [0.2, 0.25) is 0 Å². The number of hydrogen-bond acceptors (Lipinski definition) is 4. The average Bonchev–Trinajstić information content (AvgIpc) is 2.18. The van der Waals surface area contributed by atoms with E-state index in [4.69, 9.17) is 5.11 Å². The second-order valence-corrected chi connectivity index (χ2v) is 2.57. The van der Waals surface area contributed by atoms with Gasteiger partial charge in [-0.3, -0.25) is 10.1 Å². The summed E-state index contributed by atoms with van der Waals surface area (Å²) in [6.07, 6.45) is -3.03. The number of nitro groups is 1. The highest BCUT2D eigenvalue weighted by atomic mass is 16.7. The first-order chi connectivity index (χ1) is 7.11. The van der Waals surface area contributed by atoms with Crippen LogP contribution in [-0.2, 0) is 4.84 Å². The van der Waals surface area contributed by atoms with E-state index >= 15 is 0 Å². The molecule has 0 fully saturated rings. The van der Waals surface area contributed by atoms with Crippen LogP contribution >= 0.6 is 0 Å². The van der Waals surface area contributed by atoms with E-state index in [-0.39, 0.29) is 5.56 Å². The third-order valence-electron chi connectivity index (χ3n) is 1.53. The van der Waals surface area contributed by atoms with Gasteiger partial charge < -0.3 is 5.11 Å². The minimum atomic E-state index is -1.54. The maximum Gasteiger partial charge on any atom is 0.429 e. The molecule has 0 saturated carbocycles. The molecule has 0 radical (unpaired) electrons. The van der Waals surface area contributed by atoms with Crippen LogP contribution < -0.4 is 5.48 Å². The Kier molecular flexibility index (Phi) is 3.58. The van der Waals surface area contributed by atoms with Gasteiger partial charge in [0.15, 0.2) is 0 Å². The molecule has 0 bridgehead atoms. The fraction of sp³-hybridized carbons (Fsp3) is 0.125. The Hall–Kier alpha value is -2.15. The Bertz CT molecular complexity index is 353. The largest absolute Gasteiger partial charge is 0.464 e. The molecular formula is C8H8N2O5. The summed E-state index contributed by atoms with van der Waals surface area (Å²) in [6.45, 7) is 0. The molecule has 1 rings (SSSR count). The van der Waals surface area contributed by atoms with Crippen molar-refractivity contribution in [2.45, 2.75) is 6.23 Å². The molecule has 0 aliphatic heterocycles. The molecule has 0 aromatic heterocycles. The van der Waals surface area contributed by atoms with Crippen LogP contribution in [0.1, 0.15) is 11.8 Å². The molecule has 0 aliphatic carbocycles. The number of hydrogen-bond donors (Lipinski definition) is 2. The number of benzene rings is 1. The topological polar surface area (TPSA) is 102 Å². The molecule has 7 heteroatoms. The van der Waals surface area contributed by atoms with Gasteiger partial charge in [0, 0.05) is 0 Å². The maximum absolute atomic E-state index is 10.6. The van der Waals surface area contributed by atoms with Gasteiger partial charge in [-0.2, -0.15) is 10.3 Å². The van der Waals surface area contributed by atoms with Crippen LogP contribution in [0.15, 0.2) is 30.3 Å². The number of carbonyl (C=O) groups is 1. The Morgan fingerprint density at radius 2 is 2.07 bits per heavy atom. The predicted octanol–water partition coefficient (Wildman–Crippen LogP) is 1.16. The first-order valence-corrected chi connectivity index (χ1v) is 3.94. The highest BCUT2D eigenvalue weighted by Gasteiger charge is 2.24. The van der Waals surface area contributed by atoms with E-state index in [1.165, 1.54) is 17.6 Å². The number of nitrogens with one attached hydrogen (secondary N) is 1. The summed E-state index contributed by atoms with van der Waals surface area (Å²) in [7, 11) is 0. The summed E-state index contributed by atoms with van der Waals surface area (Å²) >= 11 is 0. The van der Waals surface area contributed by atoms with Crippen LogP contribution in [0, 0.1) is 10.1 Å². The van der Waals surface area contributed by atoms with Crippen molar-refractivity contribution in [3.63, 3.8) is 0 Å². The quantitative estimate of drug-likeness (QED) is 0.443. The first kappa shape index (κ1) is 10.9. The molecule has 1 amide bonds. The number of nitrogens with zero attached hydrogens (tertiary/aromatic N) is 1. The van der Waals surface area contributed by atoms with E-state index in [0.29, 0.717) is 0 Å². The molecule has 0 heterocycles. The van der Waals surface area contributed by atoms with Crippen molar-refractivity contribution in [2.75, 3.05) is 0 Å². The summed E-state index contributed by atoms with van der Waals surface area (Å²) in [5, 5.41) is 18.8. The third kappa shape index (κ3) is 3.24. The molecule has 0 aliphatic rings. The fourth-order valence-corrected chi connectivity index (χ4v) is 0.957. The summed E-state index contributed by atoms with van der Waals surface area (Å²) in [5.74, 6) is 0. The summed E-state index contributed by atoms with van der Waals surface area (Å²) in [5.41, 5.74) is 1.76. The van der Waals surface area contributed by atoms with Gasteiger partial charge in [-0.05, 0) is 12.1 Å². The summed E-state index contributed by atoms with van der Waals surface area (Å²) < 4.78 is 0. The zero-order valence-electron chi connectivity index (χ0n) is 7.49. The first-order valence-electron chi connectivity index (χ1n) is 3.94. The lowest BCUT2D eigenvalue weighted by molar-refractivity contribution is -0.589. The SMILES string of the molecule is O=C(O)NOC(c1ccccc1)[N+](=O)[O-]. The van der Waals surface area contributed by atoms with E-state index in [1.54, 1.807) is 18.2 Å². The van der Waals surface area contributed by atoms with E-state index < -0.39 is 17.2 Å². The van der Waals surface area contributed by atoms with E-state index in [2.05, 4.69) is 4.84 Å². The van der Waals surface area contributed by atoms with Crippen LogP contribution in [0.4, 0.5) is 4.79 Å². The second kappa shape index (κ2) is 4.91. The van der Waals surface area contributed by atoms with Gasteiger partial charge in [0.05, 0.1) is 10.5 Å². The Balaban J connectivity index is 2.75. The lowest BCUT2D eigenvalue weighted by Gasteiger charge is -2.08. The zero-order valence-corrected chi connectivity index (χ0v) is 7.49.